The second-order valence-corrected chi connectivity index (χ2v) is 8.76. The Morgan fingerprint density at radius 2 is 1.00 bits per heavy atom. The second-order valence-electron chi connectivity index (χ2n) is 1.88. The van der Waals surface area contributed by atoms with Crippen LogP contribution in [0.4, 0.5) is 30.0 Å². The largest absolute Gasteiger partial charge is 1.00 e. The van der Waals surface area contributed by atoms with E-state index in [1.165, 1.54) is 0 Å². The monoisotopic (exact) mass is 386 g/mol. The maximum Gasteiger partial charge on any atom is 1.00 e. The third-order valence-corrected chi connectivity index (χ3v) is 0.877. The van der Waals surface area contributed by atoms with Crippen LogP contribution >= 0.6 is 0 Å². The van der Waals surface area contributed by atoms with E-state index in [4.69, 9.17) is 13.0 Å². The van der Waals surface area contributed by atoms with Gasteiger partial charge in [-0.3, -0.25) is 4.55 Å². The maximum atomic E-state index is 10.7. The van der Waals surface area contributed by atoms with Crippen molar-refractivity contribution >= 4 is 29.6 Å². The zero-order valence-corrected chi connectivity index (χ0v) is 9.39. The van der Waals surface area contributed by atoms with E-state index in [0.717, 1.165) is 0 Å². The van der Waals surface area contributed by atoms with Gasteiger partial charge in [0.25, 0.3) is 0 Å². The fourth-order valence-electron chi connectivity index (χ4n) is 0. The molecule has 14 heteroatoms. The zero-order chi connectivity index (χ0) is 13.4. The Bertz CT molecular complexity index is 309. The summed E-state index contributed by atoms with van der Waals surface area (Å²) in [6.45, 7) is 0. The van der Waals surface area contributed by atoms with Crippen molar-refractivity contribution in [2.75, 3.05) is 0 Å². The molecule has 0 saturated carbocycles. The Morgan fingerprint density at radius 3 is 1.00 bits per heavy atom. The van der Waals surface area contributed by atoms with Gasteiger partial charge in [0.2, 0.25) is 0 Å². The quantitative estimate of drug-likeness (QED) is 0.301. The molecule has 0 aromatic carbocycles. The average molecular weight is 387 g/mol. The van der Waals surface area contributed by atoms with Crippen LogP contribution < -0.4 is 0 Å². The summed E-state index contributed by atoms with van der Waals surface area (Å²) >= 11 is -11.2. The smallest absolute Gasteiger partial charge is 1.00 e. The van der Waals surface area contributed by atoms with E-state index in [-0.39, 0.29) is 1.43 Å². The summed E-state index contributed by atoms with van der Waals surface area (Å²) < 4.78 is 117. The van der Waals surface area contributed by atoms with E-state index in [2.05, 4.69) is 0 Å². The van der Waals surface area contributed by atoms with Gasteiger partial charge in [0.05, 0.1) is 0 Å². The molecule has 0 amide bonds. The van der Waals surface area contributed by atoms with Crippen molar-refractivity contribution in [2.45, 2.75) is 5.51 Å². The van der Waals surface area contributed by atoms with Crippen LogP contribution in [-0.4, -0.2) is 38.0 Å². The molecule has 3 nitrogen and oxygen atoms in total. The Hall–Kier alpha value is 0.0982. The molecular weight excluding hydrogens is 385 g/mol. The van der Waals surface area contributed by atoms with Crippen molar-refractivity contribution in [3.63, 3.8) is 0 Å². The Balaban J connectivity index is -0.000000200. The maximum absolute atomic E-state index is 11.2. The molecule has 0 aliphatic rings. The third-order valence-electron chi connectivity index (χ3n) is 0.292. The van der Waals surface area contributed by atoms with Crippen LogP contribution in [0.2, 0.25) is 0 Å². The SMILES string of the molecule is O=S(=O)(O)C(F)(F)F.[F][Sb-]([F])([F])([F])([F])[F].[H+]. The fraction of sp³-hybridized carbons (Fsp3) is 1.00. The first kappa shape index (κ1) is 17.5. The van der Waals surface area contributed by atoms with Crippen molar-refractivity contribution in [1.29, 1.82) is 0 Å². The minimum Gasteiger partial charge on any atom is 1.00 e. The fourth-order valence-corrected chi connectivity index (χ4v) is 0. The third kappa shape index (κ3) is 24.9. The minimum absolute atomic E-state index is 0. The normalized spacial score (nSPS) is 18.3. The molecule has 0 aliphatic carbocycles. The summed E-state index contributed by atoms with van der Waals surface area (Å²) in [5.41, 5.74) is -5.53. The predicted molar refractivity (Wildman–Crippen MR) is 31.1 cm³/mol. The number of hydrogen-bond donors (Lipinski definition) is 1. The first-order chi connectivity index (χ1) is 5.70. The summed E-state index contributed by atoms with van der Waals surface area (Å²) in [6.07, 6.45) is 0. The summed E-state index contributed by atoms with van der Waals surface area (Å²) in [4.78, 5) is 0. The summed E-state index contributed by atoms with van der Waals surface area (Å²) in [6, 6.07) is 0. The standard InChI is InChI=1S/CHF3O3S.6FH.Sb/c2-1(3,4)8(5,6)7;;;;;;;/h(H,5,6,7);6*1H;/q;;;;;;;+5/p-5. The molecule has 0 aromatic heterocycles. The molecule has 0 radical (unpaired) electrons. The van der Waals surface area contributed by atoms with Crippen molar-refractivity contribution in [3.8, 4) is 0 Å². The van der Waals surface area contributed by atoms with Crippen molar-refractivity contribution in [1.82, 2.24) is 0 Å². The molecule has 15 heavy (non-hydrogen) atoms. The Labute approximate surface area is 80.0 Å². The molecule has 0 saturated heterocycles. The van der Waals surface area contributed by atoms with Gasteiger partial charge in [-0.25, -0.2) is 0 Å². The van der Waals surface area contributed by atoms with Gasteiger partial charge >= 0.3 is 53.4 Å². The molecule has 0 atom stereocenters. The van der Waals surface area contributed by atoms with Crippen LogP contribution in [0.3, 0.4) is 0 Å². The van der Waals surface area contributed by atoms with Gasteiger partial charge in [0, 0.05) is 0 Å². The van der Waals surface area contributed by atoms with E-state index >= 15 is 0 Å². The number of alkyl halides is 3. The Morgan fingerprint density at radius 1 is 0.933 bits per heavy atom. The number of rotatable bonds is 0. The molecule has 98 valence electrons. The van der Waals surface area contributed by atoms with Crippen LogP contribution in [0.1, 0.15) is 1.43 Å². The summed E-state index contributed by atoms with van der Waals surface area (Å²) in [5, 5.41) is 0. The van der Waals surface area contributed by atoms with Crippen LogP contribution in [0.25, 0.3) is 0 Å². The molecule has 0 aromatic rings. The zero-order valence-electron chi connectivity index (χ0n) is 7.02. The summed E-state index contributed by atoms with van der Waals surface area (Å²) in [7, 11) is -5.84. The first-order valence-corrected chi connectivity index (χ1v) is 9.53. The number of hydrogen-bond acceptors (Lipinski definition) is 2. The first-order valence-electron chi connectivity index (χ1n) is 2.30. The van der Waals surface area contributed by atoms with Crippen LogP contribution in [0, 0.1) is 0 Å². The molecule has 0 spiro atoms. The van der Waals surface area contributed by atoms with Gasteiger partial charge in [-0.05, 0) is 0 Å². The van der Waals surface area contributed by atoms with E-state index in [0.29, 0.717) is 0 Å². The Kier molecular flexibility index (Phi) is 3.84. The predicted octanol–water partition coefficient (Wildman–Crippen LogP) is 2.65. The van der Waals surface area contributed by atoms with Gasteiger partial charge in [0.1, 0.15) is 0 Å². The molecular formula is CH2F9O3SSb. The van der Waals surface area contributed by atoms with Crippen LogP contribution in [-0.2, 0) is 10.1 Å². The second kappa shape index (κ2) is 3.29. The van der Waals surface area contributed by atoms with E-state index in [1.54, 1.807) is 0 Å². The van der Waals surface area contributed by atoms with Crippen molar-refractivity contribution in [2.24, 2.45) is 0 Å². The molecule has 1 N–H and O–H groups in total. The van der Waals surface area contributed by atoms with Crippen LogP contribution in [0.5, 0.6) is 0 Å². The van der Waals surface area contributed by atoms with Gasteiger partial charge in [0.15, 0.2) is 0 Å². The molecule has 0 fully saturated rings. The van der Waals surface area contributed by atoms with E-state index < -0.39 is 35.1 Å². The van der Waals surface area contributed by atoms with E-state index in [9.17, 15) is 30.0 Å². The topological polar surface area (TPSA) is 54.4 Å². The molecule has 0 rings (SSSR count). The van der Waals surface area contributed by atoms with Gasteiger partial charge in [-0.1, -0.05) is 0 Å². The van der Waals surface area contributed by atoms with Gasteiger partial charge in [-0.2, -0.15) is 21.6 Å². The molecule has 0 heterocycles. The van der Waals surface area contributed by atoms with Gasteiger partial charge in [-0.15, -0.1) is 0 Å². The van der Waals surface area contributed by atoms with Crippen LogP contribution in [0.15, 0.2) is 0 Å². The van der Waals surface area contributed by atoms with Crippen molar-refractivity contribution in [3.05, 3.63) is 0 Å². The van der Waals surface area contributed by atoms with Gasteiger partial charge < -0.3 is 0 Å². The molecule has 0 aliphatic heterocycles. The molecule has 0 unspecified atom stereocenters. The average Bonchev–Trinajstić information content (AvgIpc) is 1.45. The van der Waals surface area contributed by atoms with Crippen molar-refractivity contribution < 1.29 is 44.4 Å². The van der Waals surface area contributed by atoms with E-state index in [1.807, 2.05) is 0 Å². The molecule has 0 bridgehead atoms. The number of halogens is 9. The summed E-state index contributed by atoms with van der Waals surface area (Å²) in [5.74, 6) is 0. The minimum atomic E-state index is -11.2.